The highest BCUT2D eigenvalue weighted by Crippen LogP contribution is 2.37. The molecule has 0 aromatic rings. The Balaban J connectivity index is 2.44. The van der Waals surface area contributed by atoms with Gasteiger partial charge in [0.2, 0.25) is 0 Å². The summed E-state index contributed by atoms with van der Waals surface area (Å²) in [5.41, 5.74) is 0. The Labute approximate surface area is 108 Å². The summed E-state index contributed by atoms with van der Waals surface area (Å²) < 4.78 is 5.99. The van der Waals surface area contributed by atoms with Gasteiger partial charge in [-0.1, -0.05) is 20.8 Å². The highest BCUT2D eigenvalue weighted by Gasteiger charge is 2.36. The van der Waals surface area contributed by atoms with Crippen molar-refractivity contribution in [3.8, 4) is 0 Å². The third-order valence-electron chi connectivity index (χ3n) is 3.55. The van der Waals surface area contributed by atoms with Crippen LogP contribution in [0.2, 0.25) is 0 Å². The van der Waals surface area contributed by atoms with Crippen molar-refractivity contribution in [1.82, 2.24) is 5.32 Å². The predicted molar refractivity (Wildman–Crippen MR) is 74.3 cm³/mol. The van der Waals surface area contributed by atoms with Gasteiger partial charge in [0.05, 0.1) is 6.10 Å². The minimum absolute atomic E-state index is 0.463. The van der Waals surface area contributed by atoms with Crippen LogP contribution in [0.5, 0.6) is 0 Å². The van der Waals surface area contributed by atoms with E-state index in [4.69, 9.17) is 4.74 Å². The highest BCUT2D eigenvalue weighted by atomic mass is 16.5. The molecule has 0 amide bonds. The lowest BCUT2D eigenvalue weighted by Crippen LogP contribution is -2.43. The van der Waals surface area contributed by atoms with Crippen LogP contribution in [-0.4, -0.2) is 25.3 Å². The first-order valence-corrected chi connectivity index (χ1v) is 7.54. The van der Waals surface area contributed by atoms with Crippen molar-refractivity contribution in [2.45, 2.75) is 71.9 Å². The maximum Gasteiger partial charge on any atom is 0.0755 e. The maximum absolute atomic E-state index is 5.99. The largest absolute Gasteiger partial charge is 0.377 e. The molecule has 0 aromatic carbocycles. The van der Waals surface area contributed by atoms with E-state index in [1.165, 1.54) is 32.1 Å². The lowest BCUT2D eigenvalue weighted by atomic mass is 9.97. The third-order valence-corrected chi connectivity index (χ3v) is 3.55. The van der Waals surface area contributed by atoms with E-state index in [9.17, 15) is 0 Å². The van der Waals surface area contributed by atoms with Gasteiger partial charge >= 0.3 is 0 Å². The zero-order valence-electron chi connectivity index (χ0n) is 12.2. The van der Waals surface area contributed by atoms with Crippen molar-refractivity contribution in [3.05, 3.63) is 0 Å². The van der Waals surface area contributed by atoms with Crippen LogP contribution in [0.15, 0.2) is 0 Å². The van der Waals surface area contributed by atoms with E-state index in [1.54, 1.807) is 0 Å². The molecule has 1 aliphatic rings. The molecular formula is C15H31NO. The van der Waals surface area contributed by atoms with E-state index < -0.39 is 0 Å². The number of hydrogen-bond donors (Lipinski definition) is 1. The molecule has 0 saturated heterocycles. The molecule has 1 rings (SSSR count). The average Bonchev–Trinajstić information content (AvgIpc) is 3.10. The molecule has 0 aliphatic heterocycles. The van der Waals surface area contributed by atoms with Crippen molar-refractivity contribution in [1.29, 1.82) is 0 Å². The smallest absolute Gasteiger partial charge is 0.0755 e. The zero-order valence-corrected chi connectivity index (χ0v) is 12.2. The van der Waals surface area contributed by atoms with Gasteiger partial charge in [-0.15, -0.1) is 0 Å². The minimum Gasteiger partial charge on any atom is -0.377 e. The van der Waals surface area contributed by atoms with E-state index in [0.717, 1.165) is 25.0 Å². The van der Waals surface area contributed by atoms with Crippen LogP contribution in [0.4, 0.5) is 0 Å². The molecule has 0 aromatic heterocycles. The summed E-state index contributed by atoms with van der Waals surface area (Å²) in [6.07, 6.45) is 6.98. The maximum atomic E-state index is 5.99. The van der Waals surface area contributed by atoms with Crippen molar-refractivity contribution in [3.63, 3.8) is 0 Å². The van der Waals surface area contributed by atoms with Gasteiger partial charge in [0.1, 0.15) is 0 Å². The lowest BCUT2D eigenvalue weighted by molar-refractivity contribution is 0.0158. The molecule has 0 radical (unpaired) electrons. The van der Waals surface area contributed by atoms with Gasteiger partial charge in [-0.25, -0.2) is 0 Å². The second-order valence-corrected chi connectivity index (χ2v) is 5.79. The summed E-state index contributed by atoms with van der Waals surface area (Å²) in [6, 6.07) is 0.574. The molecule has 1 saturated carbocycles. The number of rotatable bonds is 10. The molecule has 0 heterocycles. The van der Waals surface area contributed by atoms with Crippen molar-refractivity contribution < 1.29 is 4.74 Å². The molecule has 2 nitrogen and oxygen atoms in total. The van der Waals surface area contributed by atoms with Crippen molar-refractivity contribution >= 4 is 0 Å². The summed E-state index contributed by atoms with van der Waals surface area (Å²) in [5.74, 6) is 1.62. The standard InChI is InChI=1S/C15H31NO/c1-5-11-16-14(10-7-12(3)4)15(17-6-2)13-8-9-13/h12-16H,5-11H2,1-4H3. The quantitative estimate of drug-likeness (QED) is 0.631. The molecule has 0 bridgehead atoms. The minimum atomic E-state index is 0.463. The van der Waals surface area contributed by atoms with E-state index in [2.05, 4.69) is 33.0 Å². The first-order chi connectivity index (χ1) is 8.19. The second kappa shape index (κ2) is 8.10. The molecule has 0 spiro atoms. The monoisotopic (exact) mass is 241 g/mol. The van der Waals surface area contributed by atoms with E-state index in [0.29, 0.717) is 12.1 Å². The lowest BCUT2D eigenvalue weighted by Gasteiger charge is -2.28. The summed E-state index contributed by atoms with van der Waals surface area (Å²) in [6.45, 7) is 11.0. The van der Waals surface area contributed by atoms with E-state index in [-0.39, 0.29) is 0 Å². The van der Waals surface area contributed by atoms with Crippen LogP contribution >= 0.6 is 0 Å². The van der Waals surface area contributed by atoms with Gasteiger partial charge in [-0.3, -0.25) is 0 Å². The van der Waals surface area contributed by atoms with Gasteiger partial charge in [-0.05, 0) is 57.4 Å². The summed E-state index contributed by atoms with van der Waals surface area (Å²) >= 11 is 0. The summed E-state index contributed by atoms with van der Waals surface area (Å²) in [7, 11) is 0. The molecule has 102 valence electrons. The number of hydrogen-bond acceptors (Lipinski definition) is 2. The molecule has 2 heteroatoms. The Morgan fingerprint density at radius 2 is 1.88 bits per heavy atom. The predicted octanol–water partition coefficient (Wildman–Crippen LogP) is 3.61. The van der Waals surface area contributed by atoms with Gasteiger partial charge in [0, 0.05) is 12.6 Å². The van der Waals surface area contributed by atoms with Crippen LogP contribution in [0.25, 0.3) is 0 Å². The average molecular weight is 241 g/mol. The molecule has 2 atom stereocenters. The van der Waals surface area contributed by atoms with Gasteiger partial charge < -0.3 is 10.1 Å². The SMILES string of the molecule is CCCNC(CCC(C)C)C(OCC)C1CC1. The fourth-order valence-corrected chi connectivity index (χ4v) is 2.42. The van der Waals surface area contributed by atoms with Gasteiger partial charge in [0.25, 0.3) is 0 Å². The molecule has 1 aliphatic carbocycles. The Morgan fingerprint density at radius 3 is 2.35 bits per heavy atom. The second-order valence-electron chi connectivity index (χ2n) is 5.79. The van der Waals surface area contributed by atoms with Crippen LogP contribution in [-0.2, 0) is 4.74 Å². The highest BCUT2D eigenvalue weighted by molar-refractivity contribution is 4.90. The Kier molecular flexibility index (Phi) is 7.14. The normalized spacial score (nSPS) is 19.6. The molecule has 17 heavy (non-hydrogen) atoms. The summed E-state index contributed by atoms with van der Waals surface area (Å²) in [4.78, 5) is 0. The topological polar surface area (TPSA) is 21.3 Å². The fraction of sp³-hybridized carbons (Fsp3) is 1.00. The van der Waals surface area contributed by atoms with Crippen LogP contribution < -0.4 is 5.32 Å². The summed E-state index contributed by atoms with van der Waals surface area (Å²) in [5, 5.41) is 3.71. The Bertz CT molecular complexity index is 189. The fourth-order valence-electron chi connectivity index (χ4n) is 2.42. The van der Waals surface area contributed by atoms with Gasteiger partial charge in [0.15, 0.2) is 0 Å². The molecular weight excluding hydrogens is 210 g/mol. The third kappa shape index (κ3) is 5.87. The van der Waals surface area contributed by atoms with Gasteiger partial charge in [-0.2, -0.15) is 0 Å². The van der Waals surface area contributed by atoms with E-state index >= 15 is 0 Å². The Morgan fingerprint density at radius 1 is 1.18 bits per heavy atom. The van der Waals surface area contributed by atoms with Crippen LogP contribution in [0.3, 0.4) is 0 Å². The van der Waals surface area contributed by atoms with Crippen LogP contribution in [0, 0.1) is 11.8 Å². The first kappa shape index (κ1) is 15.0. The van der Waals surface area contributed by atoms with Crippen LogP contribution in [0.1, 0.15) is 59.8 Å². The van der Waals surface area contributed by atoms with E-state index in [1.807, 2.05) is 0 Å². The molecule has 2 unspecified atom stereocenters. The molecule has 1 N–H and O–H groups in total. The zero-order chi connectivity index (χ0) is 12.7. The van der Waals surface area contributed by atoms with Crippen molar-refractivity contribution in [2.24, 2.45) is 11.8 Å². The number of nitrogens with one attached hydrogen (secondary N) is 1. The number of ether oxygens (including phenoxy) is 1. The Hall–Kier alpha value is -0.0800. The van der Waals surface area contributed by atoms with Crippen molar-refractivity contribution in [2.75, 3.05) is 13.2 Å². The molecule has 1 fully saturated rings. The first-order valence-electron chi connectivity index (χ1n) is 7.54.